The van der Waals surface area contributed by atoms with Crippen molar-refractivity contribution in [2.24, 2.45) is 5.73 Å². The van der Waals surface area contributed by atoms with Crippen LogP contribution in [0.3, 0.4) is 0 Å². The number of pyridine rings is 1. The molecule has 0 saturated carbocycles. The van der Waals surface area contributed by atoms with Crippen molar-refractivity contribution in [3.8, 4) is 28.3 Å². The lowest BCUT2D eigenvalue weighted by molar-refractivity contribution is 0.100. The van der Waals surface area contributed by atoms with Gasteiger partial charge in [-0.15, -0.1) is 5.10 Å². The molecule has 0 bridgehead atoms. The minimum atomic E-state index is -0.694. The van der Waals surface area contributed by atoms with E-state index in [0.717, 1.165) is 42.6 Å². The minimum Gasteiger partial charge on any atom is -0.508 e. The molecule has 1 saturated heterocycles. The van der Waals surface area contributed by atoms with Crippen molar-refractivity contribution in [2.75, 3.05) is 25.9 Å². The second-order valence-electron chi connectivity index (χ2n) is 9.04. The van der Waals surface area contributed by atoms with Crippen molar-refractivity contribution in [1.29, 1.82) is 0 Å². The summed E-state index contributed by atoms with van der Waals surface area (Å²) < 4.78 is 3.50. The van der Waals surface area contributed by atoms with Crippen LogP contribution in [0.1, 0.15) is 40.4 Å². The molecule has 34 heavy (non-hydrogen) atoms. The first kappa shape index (κ1) is 21.9. The van der Waals surface area contributed by atoms with Crippen molar-refractivity contribution < 1.29 is 9.90 Å². The Hall–Kier alpha value is -3.92. The van der Waals surface area contributed by atoms with E-state index < -0.39 is 5.91 Å². The molecule has 10 nitrogen and oxygen atoms in total. The number of hydrogen-bond acceptors (Lipinski definition) is 7. The molecule has 0 spiro atoms. The summed E-state index contributed by atoms with van der Waals surface area (Å²) in [6.07, 6.45) is 7.48. The Balaban J connectivity index is 1.62. The average Bonchev–Trinajstić information content (AvgIpc) is 3.44. The molecule has 4 heterocycles. The maximum atomic E-state index is 12.4. The van der Waals surface area contributed by atoms with Gasteiger partial charge >= 0.3 is 0 Å². The first-order valence-electron chi connectivity index (χ1n) is 11.3. The number of rotatable bonds is 4. The molecule has 3 aromatic heterocycles. The fourth-order valence-electron chi connectivity index (χ4n) is 4.76. The number of aromatic nitrogens is 5. The Morgan fingerprint density at radius 2 is 1.91 bits per heavy atom. The number of fused-ring (bicyclic) bond motifs is 1. The molecule has 0 radical (unpaired) electrons. The number of likely N-dealkylation sites (tertiary alicyclic amines) is 1. The fraction of sp³-hybridized carbons (Fsp3) is 0.333. The van der Waals surface area contributed by atoms with Crippen molar-refractivity contribution in [3.05, 3.63) is 47.4 Å². The Morgan fingerprint density at radius 3 is 2.62 bits per heavy atom. The number of primary amides is 1. The van der Waals surface area contributed by atoms with Gasteiger partial charge in [0.15, 0.2) is 11.5 Å². The number of nitrogens with two attached hydrogens (primary N) is 2. The van der Waals surface area contributed by atoms with Crippen molar-refractivity contribution in [2.45, 2.75) is 32.7 Å². The van der Waals surface area contributed by atoms with E-state index in [1.54, 1.807) is 31.5 Å². The number of aromatic hydroxyl groups is 1. The van der Waals surface area contributed by atoms with Gasteiger partial charge in [-0.05, 0) is 69.6 Å². The molecule has 0 aliphatic carbocycles. The van der Waals surface area contributed by atoms with Gasteiger partial charge in [0.25, 0.3) is 5.91 Å². The third kappa shape index (κ3) is 3.56. The number of benzene rings is 1. The second-order valence-corrected chi connectivity index (χ2v) is 9.04. The molecule has 176 valence electrons. The van der Waals surface area contributed by atoms with Gasteiger partial charge in [0.1, 0.15) is 11.3 Å². The summed E-state index contributed by atoms with van der Waals surface area (Å²) in [5.74, 6) is -0.121. The van der Waals surface area contributed by atoms with E-state index in [9.17, 15) is 9.90 Å². The molecule has 1 fully saturated rings. The molecule has 4 aromatic rings. The zero-order valence-electron chi connectivity index (χ0n) is 19.5. The first-order chi connectivity index (χ1) is 16.2. The van der Waals surface area contributed by atoms with Crippen LogP contribution in [0.2, 0.25) is 0 Å². The van der Waals surface area contributed by atoms with Crippen LogP contribution in [0.5, 0.6) is 5.75 Å². The zero-order valence-corrected chi connectivity index (χ0v) is 19.5. The number of piperidine rings is 1. The Morgan fingerprint density at radius 1 is 1.18 bits per heavy atom. The quantitative estimate of drug-likeness (QED) is 0.425. The lowest BCUT2D eigenvalue weighted by Gasteiger charge is -2.28. The molecule has 1 aliphatic heterocycles. The van der Waals surface area contributed by atoms with E-state index in [-0.39, 0.29) is 22.6 Å². The highest BCUT2D eigenvalue weighted by atomic mass is 16.3. The SMILES string of the molecule is Cc1ccc(O)c(C)c1-c1cn2nc(-c3cnn(C4CCN(C)CC4)c3)nc2c(C(N)=O)c1N. The third-order valence-electron chi connectivity index (χ3n) is 6.75. The van der Waals surface area contributed by atoms with E-state index >= 15 is 0 Å². The van der Waals surface area contributed by atoms with E-state index in [2.05, 4.69) is 27.1 Å². The number of amides is 1. The molecular weight excluding hydrogens is 432 g/mol. The number of hydrogen-bond donors (Lipinski definition) is 3. The molecule has 10 heteroatoms. The van der Waals surface area contributed by atoms with E-state index in [4.69, 9.17) is 11.5 Å². The largest absolute Gasteiger partial charge is 0.508 e. The average molecular weight is 461 g/mol. The molecule has 0 unspecified atom stereocenters. The highest BCUT2D eigenvalue weighted by Crippen LogP contribution is 2.38. The normalized spacial score (nSPS) is 15.3. The molecule has 1 amide bonds. The number of phenols is 1. The number of anilines is 1. The van der Waals surface area contributed by atoms with Crippen LogP contribution in [0.25, 0.3) is 28.2 Å². The number of aryl methyl sites for hydroxylation is 1. The van der Waals surface area contributed by atoms with Crippen LogP contribution in [-0.4, -0.2) is 60.4 Å². The lowest BCUT2D eigenvalue weighted by atomic mass is 9.93. The summed E-state index contributed by atoms with van der Waals surface area (Å²) in [7, 11) is 2.13. The van der Waals surface area contributed by atoms with E-state index in [0.29, 0.717) is 23.0 Å². The molecule has 5 N–H and O–H groups in total. The van der Waals surface area contributed by atoms with Gasteiger partial charge < -0.3 is 21.5 Å². The monoisotopic (exact) mass is 460 g/mol. The lowest BCUT2D eigenvalue weighted by Crippen LogP contribution is -2.31. The number of phenolic OH excluding ortho intramolecular Hbond substituents is 1. The van der Waals surface area contributed by atoms with E-state index in [1.807, 2.05) is 17.8 Å². The van der Waals surface area contributed by atoms with Gasteiger partial charge in [-0.25, -0.2) is 9.50 Å². The van der Waals surface area contributed by atoms with Gasteiger partial charge in [0, 0.05) is 18.0 Å². The Labute approximate surface area is 196 Å². The Bertz CT molecular complexity index is 1410. The van der Waals surface area contributed by atoms with Gasteiger partial charge in [-0.2, -0.15) is 5.10 Å². The number of carbonyl (C=O) groups excluding carboxylic acids is 1. The summed E-state index contributed by atoms with van der Waals surface area (Å²) in [4.78, 5) is 19.3. The summed E-state index contributed by atoms with van der Waals surface area (Å²) in [5.41, 5.74) is 16.4. The highest BCUT2D eigenvalue weighted by molar-refractivity contribution is 6.07. The predicted molar refractivity (Wildman–Crippen MR) is 129 cm³/mol. The smallest absolute Gasteiger partial charge is 0.254 e. The first-order valence-corrected chi connectivity index (χ1v) is 11.3. The fourth-order valence-corrected chi connectivity index (χ4v) is 4.76. The maximum Gasteiger partial charge on any atom is 0.254 e. The number of carbonyl (C=O) groups is 1. The van der Waals surface area contributed by atoms with Gasteiger partial charge in [0.2, 0.25) is 0 Å². The van der Waals surface area contributed by atoms with Crippen molar-refractivity contribution in [1.82, 2.24) is 29.3 Å². The Kier molecular flexibility index (Phi) is 5.24. The molecule has 0 atom stereocenters. The summed E-state index contributed by atoms with van der Waals surface area (Å²) >= 11 is 0. The number of nitrogen functional groups attached to an aromatic ring is 1. The van der Waals surface area contributed by atoms with Gasteiger partial charge in [0.05, 0.1) is 23.5 Å². The molecule has 5 rings (SSSR count). The molecule has 1 aliphatic rings. The van der Waals surface area contributed by atoms with Gasteiger partial charge in [-0.1, -0.05) is 6.07 Å². The zero-order chi connectivity index (χ0) is 24.1. The molecule has 1 aromatic carbocycles. The predicted octanol–water partition coefficient (Wildman–Crippen LogP) is 2.53. The van der Waals surface area contributed by atoms with Crippen LogP contribution in [0.15, 0.2) is 30.7 Å². The van der Waals surface area contributed by atoms with Crippen LogP contribution in [-0.2, 0) is 0 Å². The van der Waals surface area contributed by atoms with Crippen LogP contribution >= 0.6 is 0 Å². The third-order valence-corrected chi connectivity index (χ3v) is 6.75. The van der Waals surface area contributed by atoms with Crippen LogP contribution in [0, 0.1) is 13.8 Å². The van der Waals surface area contributed by atoms with Crippen LogP contribution < -0.4 is 11.5 Å². The van der Waals surface area contributed by atoms with Crippen molar-refractivity contribution in [3.63, 3.8) is 0 Å². The summed E-state index contributed by atoms with van der Waals surface area (Å²) in [5, 5.41) is 19.4. The number of nitrogens with zero attached hydrogens (tertiary/aromatic N) is 6. The van der Waals surface area contributed by atoms with Gasteiger partial charge in [-0.3, -0.25) is 9.48 Å². The summed E-state index contributed by atoms with van der Waals surface area (Å²) in [6, 6.07) is 3.77. The maximum absolute atomic E-state index is 12.4. The molecular formula is C24H28N8O2. The second kappa shape index (κ2) is 8.14. The standard InChI is InChI=1S/C24H28N8O2/c1-13-4-5-18(33)14(2)19(13)17-12-32-24(20(21(17)25)22(26)34)28-23(29-32)15-10-27-31(11-15)16-6-8-30(3)9-7-16/h4-5,10-12,16,33H,6-9,25H2,1-3H3,(H2,26,34). The van der Waals surface area contributed by atoms with E-state index in [1.165, 1.54) is 4.52 Å². The van der Waals surface area contributed by atoms with Crippen LogP contribution in [0.4, 0.5) is 5.69 Å². The summed E-state index contributed by atoms with van der Waals surface area (Å²) in [6.45, 7) is 5.78. The topological polar surface area (TPSA) is 141 Å². The highest BCUT2D eigenvalue weighted by Gasteiger charge is 2.24. The van der Waals surface area contributed by atoms with Crippen molar-refractivity contribution >= 4 is 17.2 Å². The minimum absolute atomic E-state index is 0.0982.